The third-order valence-electron chi connectivity index (χ3n) is 3.64. The van der Waals surface area contributed by atoms with Gasteiger partial charge in [-0.05, 0) is 42.3 Å². The monoisotopic (exact) mass is 349 g/mol. The zero-order chi connectivity index (χ0) is 16.6. The molecule has 2 heterocycles. The summed E-state index contributed by atoms with van der Waals surface area (Å²) in [5.74, 6) is -0.422. The van der Waals surface area contributed by atoms with E-state index in [-0.39, 0.29) is 21.8 Å². The van der Waals surface area contributed by atoms with Crippen molar-refractivity contribution in [3.8, 4) is 0 Å². The highest BCUT2D eigenvalue weighted by molar-refractivity contribution is 6.35. The molecule has 1 aromatic heterocycles. The first-order chi connectivity index (χ1) is 11.0. The Morgan fingerprint density at radius 1 is 1.22 bits per heavy atom. The average Bonchev–Trinajstić information content (AvgIpc) is 2.93. The molecular weight excluding hydrogens is 337 g/mol. The van der Waals surface area contributed by atoms with E-state index in [2.05, 4.69) is 10.3 Å². The van der Waals surface area contributed by atoms with Gasteiger partial charge >= 0.3 is 0 Å². The van der Waals surface area contributed by atoms with E-state index in [0.29, 0.717) is 12.2 Å². The molecule has 0 aliphatic carbocycles. The lowest BCUT2D eigenvalue weighted by atomic mass is 10.1. The van der Waals surface area contributed by atoms with Gasteiger partial charge in [0.1, 0.15) is 10.8 Å². The van der Waals surface area contributed by atoms with Crippen molar-refractivity contribution in [2.45, 2.75) is 13.3 Å². The summed E-state index contributed by atoms with van der Waals surface area (Å²) in [6, 6.07) is 8.48. The van der Waals surface area contributed by atoms with Gasteiger partial charge in [-0.1, -0.05) is 23.2 Å². The number of hydrogen-bond acceptors (Lipinski definition) is 3. The van der Waals surface area contributed by atoms with Crippen LogP contribution >= 0.6 is 23.2 Å². The zero-order valence-corrected chi connectivity index (χ0v) is 13.8. The van der Waals surface area contributed by atoms with Crippen molar-refractivity contribution < 1.29 is 9.59 Å². The number of halogens is 2. The largest absolute Gasteiger partial charge is 0.321 e. The molecule has 1 aliphatic heterocycles. The number of anilines is 2. The minimum absolute atomic E-state index is 0.00967. The predicted octanol–water partition coefficient (Wildman–Crippen LogP) is 3.55. The topological polar surface area (TPSA) is 62.3 Å². The average molecular weight is 350 g/mol. The van der Waals surface area contributed by atoms with Crippen LogP contribution in [0.2, 0.25) is 10.2 Å². The fourth-order valence-electron chi connectivity index (χ4n) is 2.57. The highest BCUT2D eigenvalue weighted by Crippen LogP contribution is 2.30. The molecule has 0 spiro atoms. The van der Waals surface area contributed by atoms with E-state index in [4.69, 9.17) is 23.2 Å². The second-order valence-electron chi connectivity index (χ2n) is 5.18. The molecule has 3 rings (SSSR count). The Morgan fingerprint density at radius 3 is 2.74 bits per heavy atom. The van der Waals surface area contributed by atoms with Crippen molar-refractivity contribution in [2.24, 2.45) is 0 Å². The van der Waals surface area contributed by atoms with Crippen LogP contribution in [0, 0.1) is 0 Å². The summed E-state index contributed by atoms with van der Waals surface area (Å²) in [7, 11) is 0. The van der Waals surface area contributed by atoms with Crippen LogP contribution in [0.5, 0.6) is 0 Å². The number of pyridine rings is 1. The minimum Gasteiger partial charge on any atom is -0.321 e. The Morgan fingerprint density at radius 2 is 2.00 bits per heavy atom. The lowest BCUT2D eigenvalue weighted by Gasteiger charge is -2.15. The zero-order valence-electron chi connectivity index (χ0n) is 12.3. The highest BCUT2D eigenvalue weighted by atomic mass is 35.5. The fourth-order valence-corrected chi connectivity index (χ4v) is 2.91. The van der Waals surface area contributed by atoms with Gasteiger partial charge in [-0.3, -0.25) is 9.59 Å². The molecule has 0 saturated carbocycles. The predicted molar refractivity (Wildman–Crippen MR) is 90.4 cm³/mol. The Hall–Kier alpha value is -2.11. The molecule has 0 atom stereocenters. The van der Waals surface area contributed by atoms with Gasteiger partial charge in [0.15, 0.2) is 0 Å². The molecule has 0 bridgehead atoms. The van der Waals surface area contributed by atoms with Gasteiger partial charge in [0.25, 0.3) is 5.91 Å². The van der Waals surface area contributed by atoms with Gasteiger partial charge < -0.3 is 10.2 Å². The maximum Gasteiger partial charge on any atom is 0.275 e. The van der Waals surface area contributed by atoms with Crippen molar-refractivity contribution in [3.05, 3.63) is 51.8 Å². The molecule has 1 aliphatic rings. The number of carbonyl (C=O) groups is 2. The van der Waals surface area contributed by atoms with Crippen LogP contribution in [-0.4, -0.2) is 23.3 Å². The van der Waals surface area contributed by atoms with E-state index in [1.165, 1.54) is 19.1 Å². The highest BCUT2D eigenvalue weighted by Gasteiger charge is 2.22. The Balaban J connectivity index is 1.83. The minimum atomic E-state index is -0.432. The van der Waals surface area contributed by atoms with Gasteiger partial charge in [0.2, 0.25) is 5.91 Å². The molecule has 2 amide bonds. The molecule has 1 aromatic carbocycles. The van der Waals surface area contributed by atoms with E-state index < -0.39 is 5.91 Å². The van der Waals surface area contributed by atoms with Crippen LogP contribution in [0.4, 0.5) is 11.4 Å². The smallest absolute Gasteiger partial charge is 0.275 e. The van der Waals surface area contributed by atoms with Crippen molar-refractivity contribution in [2.75, 3.05) is 16.8 Å². The molecule has 0 fully saturated rings. The molecule has 118 valence electrons. The van der Waals surface area contributed by atoms with Crippen LogP contribution in [0.15, 0.2) is 30.3 Å². The molecule has 1 N–H and O–H groups in total. The summed E-state index contributed by atoms with van der Waals surface area (Å²) in [5, 5.41) is 3.18. The first-order valence-electron chi connectivity index (χ1n) is 7.00. The summed E-state index contributed by atoms with van der Waals surface area (Å²) in [6.45, 7) is 2.20. The second kappa shape index (κ2) is 6.18. The molecule has 0 unspecified atom stereocenters. The van der Waals surface area contributed by atoms with Crippen molar-refractivity contribution in [3.63, 3.8) is 0 Å². The SMILES string of the molecule is CC(=O)N1CCc2cc(NC(=O)c3nc(Cl)ccc3Cl)ccc21. The van der Waals surface area contributed by atoms with Crippen LogP contribution in [-0.2, 0) is 11.2 Å². The number of carbonyl (C=O) groups excluding carboxylic acids is 2. The first-order valence-corrected chi connectivity index (χ1v) is 7.76. The number of aromatic nitrogens is 1. The third-order valence-corrected chi connectivity index (χ3v) is 4.16. The maximum atomic E-state index is 12.3. The third kappa shape index (κ3) is 3.16. The number of nitrogens with zero attached hydrogens (tertiary/aromatic N) is 2. The molecule has 0 radical (unpaired) electrons. The van der Waals surface area contributed by atoms with E-state index in [1.807, 2.05) is 12.1 Å². The molecule has 2 aromatic rings. The van der Waals surface area contributed by atoms with Gasteiger partial charge in [-0.25, -0.2) is 4.98 Å². The standard InChI is InChI=1S/C16H13Cl2N3O2/c1-9(22)21-7-6-10-8-11(2-4-13(10)21)19-16(23)15-12(17)3-5-14(18)20-15/h2-5,8H,6-7H2,1H3,(H,19,23). The Labute approximate surface area is 143 Å². The summed E-state index contributed by atoms with van der Waals surface area (Å²) in [6.07, 6.45) is 0.759. The number of amides is 2. The van der Waals surface area contributed by atoms with Crippen LogP contribution in [0.25, 0.3) is 0 Å². The van der Waals surface area contributed by atoms with E-state index in [9.17, 15) is 9.59 Å². The summed E-state index contributed by atoms with van der Waals surface area (Å²) in [5.41, 5.74) is 2.60. The summed E-state index contributed by atoms with van der Waals surface area (Å²) in [4.78, 5) is 29.5. The van der Waals surface area contributed by atoms with E-state index in [0.717, 1.165) is 17.7 Å². The number of hydrogen-bond donors (Lipinski definition) is 1. The first kappa shape index (κ1) is 15.8. The van der Waals surface area contributed by atoms with Crippen molar-refractivity contribution in [1.82, 2.24) is 4.98 Å². The summed E-state index contributed by atoms with van der Waals surface area (Å²) >= 11 is 11.8. The summed E-state index contributed by atoms with van der Waals surface area (Å²) < 4.78 is 0. The van der Waals surface area contributed by atoms with Crippen LogP contribution in [0.3, 0.4) is 0 Å². The number of rotatable bonds is 2. The van der Waals surface area contributed by atoms with Gasteiger partial charge in [0.05, 0.1) is 5.02 Å². The maximum absolute atomic E-state index is 12.3. The molecule has 7 heteroatoms. The van der Waals surface area contributed by atoms with Crippen molar-refractivity contribution >= 4 is 46.4 Å². The van der Waals surface area contributed by atoms with Crippen LogP contribution < -0.4 is 10.2 Å². The normalized spacial score (nSPS) is 12.9. The van der Waals surface area contributed by atoms with E-state index >= 15 is 0 Å². The number of fused-ring (bicyclic) bond motifs is 1. The molecule has 23 heavy (non-hydrogen) atoms. The Bertz CT molecular complexity index is 808. The lowest BCUT2D eigenvalue weighted by molar-refractivity contribution is -0.116. The molecule has 0 saturated heterocycles. The van der Waals surface area contributed by atoms with Crippen molar-refractivity contribution in [1.29, 1.82) is 0 Å². The Kier molecular flexibility index (Phi) is 4.24. The number of benzene rings is 1. The number of nitrogens with one attached hydrogen (secondary N) is 1. The molecule has 5 nitrogen and oxygen atoms in total. The quantitative estimate of drug-likeness (QED) is 0.843. The lowest BCUT2D eigenvalue weighted by Crippen LogP contribution is -2.25. The van der Waals surface area contributed by atoms with Gasteiger partial charge in [-0.15, -0.1) is 0 Å². The van der Waals surface area contributed by atoms with Gasteiger partial charge in [-0.2, -0.15) is 0 Å². The second-order valence-corrected chi connectivity index (χ2v) is 5.98. The fraction of sp³-hybridized carbons (Fsp3) is 0.188. The molecular formula is C16H13Cl2N3O2. The van der Waals surface area contributed by atoms with E-state index in [1.54, 1.807) is 11.0 Å². The van der Waals surface area contributed by atoms with Gasteiger partial charge in [0, 0.05) is 24.8 Å². The van der Waals surface area contributed by atoms with Crippen LogP contribution in [0.1, 0.15) is 23.0 Å².